The zero-order valence-electron chi connectivity index (χ0n) is 18.7. The highest BCUT2D eigenvalue weighted by Crippen LogP contribution is 2.41. The summed E-state index contributed by atoms with van der Waals surface area (Å²) in [5, 5.41) is 21.4. The second kappa shape index (κ2) is 8.69. The Balaban J connectivity index is 1.62. The van der Waals surface area contributed by atoms with E-state index in [9.17, 15) is 20.0 Å². The predicted octanol–water partition coefficient (Wildman–Crippen LogP) is 4.70. The van der Waals surface area contributed by atoms with Gasteiger partial charge in [0.05, 0.1) is 25.7 Å². The molecule has 3 aromatic carbocycles. The number of non-ortho nitro benzene ring substituents is 1. The van der Waals surface area contributed by atoms with Crippen LogP contribution >= 0.6 is 27.3 Å². The third-order valence-corrected chi connectivity index (χ3v) is 8.16. The first-order valence-corrected chi connectivity index (χ1v) is 12.9. The number of halogens is 1. The van der Waals surface area contributed by atoms with Crippen LogP contribution < -0.4 is 14.9 Å². The maximum absolute atomic E-state index is 13.8. The molecule has 0 radical (unpaired) electrons. The Morgan fingerprint density at radius 2 is 1.94 bits per heavy atom. The number of hydrogen-bond acceptors (Lipinski definition) is 6. The molecule has 1 aromatic heterocycles. The summed E-state index contributed by atoms with van der Waals surface area (Å²) in [6.07, 6.45) is 3.29. The van der Waals surface area contributed by atoms with E-state index in [1.807, 2.05) is 24.3 Å². The van der Waals surface area contributed by atoms with Gasteiger partial charge in [-0.05, 0) is 69.2 Å². The van der Waals surface area contributed by atoms with Crippen molar-refractivity contribution in [2.75, 3.05) is 0 Å². The molecule has 1 aliphatic carbocycles. The molecule has 2 heterocycles. The van der Waals surface area contributed by atoms with Gasteiger partial charge >= 0.3 is 0 Å². The molecule has 4 aromatic rings. The lowest BCUT2D eigenvalue weighted by molar-refractivity contribution is -0.384. The Kier molecular flexibility index (Phi) is 5.46. The minimum absolute atomic E-state index is 0.0149. The number of aromatic hydroxyl groups is 1. The third kappa shape index (κ3) is 3.71. The van der Waals surface area contributed by atoms with Gasteiger partial charge in [-0.2, -0.15) is 0 Å². The van der Waals surface area contributed by atoms with Gasteiger partial charge in [0.25, 0.3) is 11.2 Å². The fraction of sp³-hybridized carbons (Fsp3) is 0.111. The van der Waals surface area contributed by atoms with Gasteiger partial charge in [-0.25, -0.2) is 4.99 Å². The number of phenolic OH excluding ortho intramolecular Hbond substituents is 1. The van der Waals surface area contributed by atoms with Crippen LogP contribution in [0.5, 0.6) is 5.75 Å². The molecule has 0 spiro atoms. The highest BCUT2D eigenvalue weighted by atomic mass is 79.9. The van der Waals surface area contributed by atoms with Crippen LogP contribution in [0.4, 0.5) is 5.69 Å². The number of hydrogen-bond donors (Lipinski definition) is 1. The van der Waals surface area contributed by atoms with Crippen molar-refractivity contribution in [1.29, 1.82) is 0 Å². The molecule has 1 aliphatic heterocycles. The van der Waals surface area contributed by atoms with Gasteiger partial charge in [0.15, 0.2) is 4.80 Å². The number of phenols is 1. The van der Waals surface area contributed by atoms with Crippen LogP contribution in [-0.2, 0) is 6.42 Å². The van der Waals surface area contributed by atoms with E-state index < -0.39 is 11.0 Å². The first kappa shape index (κ1) is 22.6. The zero-order chi connectivity index (χ0) is 25.0. The molecule has 1 atom stereocenters. The van der Waals surface area contributed by atoms with Crippen molar-refractivity contribution < 1.29 is 10.0 Å². The molecule has 0 amide bonds. The van der Waals surface area contributed by atoms with Gasteiger partial charge in [0.2, 0.25) is 0 Å². The fourth-order valence-electron chi connectivity index (χ4n) is 4.90. The summed E-state index contributed by atoms with van der Waals surface area (Å²) in [6.45, 7) is 0. The quantitative estimate of drug-likeness (QED) is 0.290. The number of nitrogens with zero attached hydrogens (tertiary/aromatic N) is 3. The van der Waals surface area contributed by atoms with E-state index in [2.05, 4.69) is 22.0 Å². The van der Waals surface area contributed by atoms with Crippen LogP contribution in [0.25, 0.3) is 11.8 Å². The number of benzene rings is 3. The summed E-state index contributed by atoms with van der Waals surface area (Å²) < 4.78 is 2.69. The smallest absolute Gasteiger partial charge is 0.271 e. The van der Waals surface area contributed by atoms with Crippen LogP contribution in [0, 0.1) is 10.1 Å². The summed E-state index contributed by atoms with van der Waals surface area (Å²) in [5.41, 5.74) is 5.29. The van der Waals surface area contributed by atoms with Crippen molar-refractivity contribution in [3.8, 4) is 5.75 Å². The number of thiazole rings is 1. The number of allylic oxidation sites excluding steroid dienone is 1. The minimum atomic E-state index is -0.488. The number of nitro benzene ring substituents is 1. The molecule has 1 N–H and O–H groups in total. The van der Waals surface area contributed by atoms with Crippen molar-refractivity contribution in [2.24, 2.45) is 4.99 Å². The largest absolute Gasteiger partial charge is 0.507 e. The van der Waals surface area contributed by atoms with E-state index >= 15 is 0 Å². The van der Waals surface area contributed by atoms with Gasteiger partial charge in [-0.1, -0.05) is 53.8 Å². The van der Waals surface area contributed by atoms with E-state index in [1.165, 1.54) is 23.0 Å². The third-order valence-electron chi connectivity index (χ3n) is 6.54. The second-order valence-electron chi connectivity index (χ2n) is 8.68. The molecular formula is C27H18BrN3O4S. The molecular weight excluding hydrogens is 542 g/mol. The highest BCUT2D eigenvalue weighted by Gasteiger charge is 2.33. The Bertz CT molecular complexity index is 1790. The topological polar surface area (TPSA) is 97.7 Å². The maximum atomic E-state index is 13.8. The summed E-state index contributed by atoms with van der Waals surface area (Å²) in [4.78, 5) is 30.4. The normalized spacial score (nSPS) is 16.7. The number of rotatable bonds is 3. The molecule has 0 unspecified atom stereocenters. The van der Waals surface area contributed by atoms with Crippen molar-refractivity contribution in [2.45, 2.75) is 18.9 Å². The van der Waals surface area contributed by atoms with Crippen molar-refractivity contribution in [3.63, 3.8) is 0 Å². The van der Waals surface area contributed by atoms with Gasteiger partial charge in [0.1, 0.15) is 5.75 Å². The Morgan fingerprint density at radius 3 is 2.75 bits per heavy atom. The van der Waals surface area contributed by atoms with Crippen LogP contribution in [0.1, 0.15) is 34.7 Å². The van der Waals surface area contributed by atoms with Crippen molar-refractivity contribution >= 4 is 44.7 Å². The summed E-state index contributed by atoms with van der Waals surface area (Å²) in [5.74, 6) is 0.116. The van der Waals surface area contributed by atoms with Gasteiger partial charge in [-0.15, -0.1) is 0 Å². The number of aryl methyl sites for hydroxylation is 1. The first-order chi connectivity index (χ1) is 17.4. The predicted molar refractivity (Wildman–Crippen MR) is 142 cm³/mol. The Morgan fingerprint density at radius 1 is 1.11 bits per heavy atom. The van der Waals surface area contributed by atoms with Crippen LogP contribution in [0.2, 0.25) is 0 Å². The monoisotopic (exact) mass is 559 g/mol. The number of nitro groups is 1. The zero-order valence-corrected chi connectivity index (χ0v) is 21.1. The van der Waals surface area contributed by atoms with Gasteiger partial charge in [0, 0.05) is 17.7 Å². The molecule has 0 fully saturated rings. The van der Waals surface area contributed by atoms with Crippen molar-refractivity contribution in [3.05, 3.63) is 129 Å². The fourth-order valence-corrected chi connectivity index (χ4v) is 6.29. The molecule has 36 heavy (non-hydrogen) atoms. The Hall–Kier alpha value is -3.82. The van der Waals surface area contributed by atoms with Crippen LogP contribution in [0.15, 0.2) is 86.6 Å². The summed E-state index contributed by atoms with van der Waals surface area (Å²) >= 11 is 4.61. The van der Waals surface area contributed by atoms with E-state index in [4.69, 9.17) is 4.99 Å². The molecule has 7 nitrogen and oxygen atoms in total. The molecule has 9 heteroatoms. The van der Waals surface area contributed by atoms with Crippen LogP contribution in [-0.4, -0.2) is 14.6 Å². The van der Waals surface area contributed by atoms with Gasteiger partial charge < -0.3 is 5.11 Å². The van der Waals surface area contributed by atoms with E-state index in [-0.39, 0.29) is 17.0 Å². The van der Waals surface area contributed by atoms with E-state index in [1.54, 1.807) is 41.0 Å². The van der Waals surface area contributed by atoms with Gasteiger partial charge in [-0.3, -0.25) is 19.5 Å². The van der Waals surface area contributed by atoms with Crippen LogP contribution in [0.3, 0.4) is 0 Å². The summed E-state index contributed by atoms with van der Waals surface area (Å²) in [6, 6.07) is 19.2. The van der Waals surface area contributed by atoms with E-state index in [0.29, 0.717) is 25.8 Å². The average molecular weight is 560 g/mol. The summed E-state index contributed by atoms with van der Waals surface area (Å²) in [7, 11) is 0. The lowest BCUT2D eigenvalue weighted by atomic mass is 9.83. The lowest BCUT2D eigenvalue weighted by Crippen LogP contribution is -2.38. The number of aromatic nitrogens is 1. The van der Waals surface area contributed by atoms with Crippen molar-refractivity contribution in [1.82, 2.24) is 4.57 Å². The standard InChI is InChI=1S/C27H18BrN3O4S/c28-21-12-15(8-11-22(21)32)13-23-26(33)30-25(17-5-3-6-18(14-17)31(34)35)20-10-9-16-4-1-2-7-19(16)24(20)29-27(30)36-23/h1-8,11-14,25,32H,9-10H2/b23-13+/t25-/m1/s1. The number of fused-ring (bicyclic) bond motifs is 3. The second-order valence-corrected chi connectivity index (χ2v) is 10.5. The molecule has 2 aliphatic rings. The minimum Gasteiger partial charge on any atom is -0.507 e. The molecule has 0 saturated heterocycles. The molecule has 178 valence electrons. The molecule has 0 bridgehead atoms. The lowest BCUT2D eigenvalue weighted by Gasteiger charge is -2.30. The van der Waals surface area contributed by atoms with E-state index in [0.717, 1.165) is 28.8 Å². The average Bonchev–Trinajstić information content (AvgIpc) is 3.19. The SMILES string of the molecule is O=c1/c(=C\c2ccc(O)c(Br)c2)sc2n1[C@H](c1cccc([N+](=O)[O-])c1)C1=C(N=2)c2ccccc2CC1. The molecule has 6 rings (SSSR count). The Labute approximate surface area is 217 Å². The maximum Gasteiger partial charge on any atom is 0.271 e. The highest BCUT2D eigenvalue weighted by molar-refractivity contribution is 9.10. The molecule has 0 saturated carbocycles. The first-order valence-electron chi connectivity index (χ1n) is 11.3.